The highest BCUT2D eigenvalue weighted by Gasteiger charge is 2.47. The summed E-state index contributed by atoms with van der Waals surface area (Å²) in [5, 5.41) is 5.96. The van der Waals surface area contributed by atoms with E-state index < -0.39 is 5.41 Å². The van der Waals surface area contributed by atoms with Gasteiger partial charge < -0.3 is 15.0 Å². The van der Waals surface area contributed by atoms with Crippen LogP contribution in [0.2, 0.25) is 0 Å². The molecule has 4 rings (SSSR count). The van der Waals surface area contributed by atoms with E-state index in [1.807, 2.05) is 0 Å². The van der Waals surface area contributed by atoms with Crippen molar-refractivity contribution in [2.75, 3.05) is 36.5 Å². The van der Waals surface area contributed by atoms with Gasteiger partial charge in [0, 0.05) is 42.3 Å². The molecule has 2 unspecified atom stereocenters. The molecule has 0 aromatic heterocycles. The third kappa shape index (κ3) is 7.94. The molecule has 0 saturated carbocycles. The normalized spacial score (nSPS) is 14.0. The zero-order chi connectivity index (χ0) is 33.7. The number of rotatable bonds is 12. The van der Waals surface area contributed by atoms with Gasteiger partial charge in [-0.25, -0.2) is 0 Å². The predicted molar refractivity (Wildman–Crippen MR) is 197 cm³/mol. The second-order valence-corrected chi connectivity index (χ2v) is 15.2. The molecule has 4 aromatic rings. The highest BCUT2D eigenvalue weighted by atomic mass is 16.5. The zero-order valence-corrected chi connectivity index (χ0v) is 30.0. The fraction of sp³-hybridized carbons (Fsp3) is 0.452. The van der Waals surface area contributed by atoms with Crippen molar-refractivity contribution in [3.05, 3.63) is 107 Å². The Kier molecular flexibility index (Phi) is 10.9. The van der Waals surface area contributed by atoms with Gasteiger partial charge in [0.05, 0.1) is 5.41 Å². The molecule has 246 valence electrons. The van der Waals surface area contributed by atoms with E-state index >= 15 is 0 Å². The summed E-state index contributed by atoms with van der Waals surface area (Å²) in [6.45, 7) is 24.4. The minimum atomic E-state index is -0.575. The number of ether oxygens (including phenoxy) is 1. The Morgan fingerprint density at radius 3 is 1.87 bits per heavy atom. The van der Waals surface area contributed by atoms with Gasteiger partial charge in [0.15, 0.2) is 0 Å². The quantitative estimate of drug-likeness (QED) is 0.0972. The predicted octanol–water partition coefficient (Wildman–Crippen LogP) is 10.6. The Morgan fingerprint density at radius 1 is 0.761 bits per heavy atom. The molecule has 0 saturated heterocycles. The standard InChI is InChI=1S/C42H56N2O2/c1-11-44(12-2)33-23-21-32(22-24-33)38(31-19-17-30(3)18-20-31)36-25-26-37(35-16-14-13-15-34(35)36)43-27-28-46-39(45)42(10,41(7,8)9)29-40(4,5)6/h13-26,38,43H,11-12,27-29H2,1-10H3. The third-order valence-corrected chi connectivity index (χ3v) is 9.67. The van der Waals surface area contributed by atoms with Crippen molar-refractivity contribution in [1.29, 1.82) is 0 Å². The molecule has 0 heterocycles. The maximum absolute atomic E-state index is 13.5. The molecular formula is C42H56N2O2. The van der Waals surface area contributed by atoms with E-state index in [0.29, 0.717) is 13.2 Å². The lowest BCUT2D eigenvalue weighted by molar-refractivity contribution is -0.164. The van der Waals surface area contributed by atoms with Crippen LogP contribution in [0.1, 0.15) is 96.9 Å². The second-order valence-electron chi connectivity index (χ2n) is 15.2. The Morgan fingerprint density at radius 2 is 1.33 bits per heavy atom. The molecule has 4 heteroatoms. The van der Waals surface area contributed by atoms with Gasteiger partial charge >= 0.3 is 5.97 Å². The van der Waals surface area contributed by atoms with Crippen molar-refractivity contribution >= 4 is 28.1 Å². The Balaban J connectivity index is 1.62. The van der Waals surface area contributed by atoms with Gasteiger partial charge in [-0.05, 0) is 85.2 Å². The lowest BCUT2D eigenvalue weighted by Crippen LogP contribution is -2.44. The minimum absolute atomic E-state index is 0.0177. The lowest BCUT2D eigenvalue weighted by Gasteiger charge is -2.43. The zero-order valence-electron chi connectivity index (χ0n) is 30.0. The fourth-order valence-corrected chi connectivity index (χ4v) is 6.70. The molecule has 0 aliphatic heterocycles. The van der Waals surface area contributed by atoms with E-state index in [-0.39, 0.29) is 22.7 Å². The van der Waals surface area contributed by atoms with Crippen molar-refractivity contribution in [3.8, 4) is 0 Å². The van der Waals surface area contributed by atoms with Crippen molar-refractivity contribution in [2.45, 2.75) is 81.6 Å². The van der Waals surface area contributed by atoms with Crippen LogP contribution in [-0.2, 0) is 9.53 Å². The van der Waals surface area contributed by atoms with Gasteiger partial charge in [0.25, 0.3) is 0 Å². The van der Waals surface area contributed by atoms with E-state index in [4.69, 9.17) is 4.74 Å². The van der Waals surface area contributed by atoms with Crippen LogP contribution in [0.25, 0.3) is 10.8 Å². The maximum atomic E-state index is 13.5. The summed E-state index contributed by atoms with van der Waals surface area (Å²) >= 11 is 0. The maximum Gasteiger partial charge on any atom is 0.312 e. The molecule has 46 heavy (non-hydrogen) atoms. The first-order valence-corrected chi connectivity index (χ1v) is 17.0. The van der Waals surface area contributed by atoms with Crippen LogP contribution in [0.5, 0.6) is 0 Å². The van der Waals surface area contributed by atoms with Crippen LogP contribution in [0.15, 0.2) is 84.9 Å². The van der Waals surface area contributed by atoms with Crippen LogP contribution in [0, 0.1) is 23.2 Å². The number of anilines is 2. The molecule has 2 atom stereocenters. The number of nitrogens with one attached hydrogen (secondary N) is 1. The Labute approximate surface area is 278 Å². The van der Waals surface area contributed by atoms with Gasteiger partial charge in [0.1, 0.15) is 6.61 Å². The fourth-order valence-electron chi connectivity index (χ4n) is 6.70. The first kappa shape index (κ1) is 35.1. The topological polar surface area (TPSA) is 41.6 Å². The van der Waals surface area contributed by atoms with Crippen molar-refractivity contribution in [3.63, 3.8) is 0 Å². The van der Waals surface area contributed by atoms with E-state index in [9.17, 15) is 4.79 Å². The number of aryl methyl sites for hydroxylation is 1. The number of esters is 1. The van der Waals surface area contributed by atoms with Gasteiger partial charge in [-0.15, -0.1) is 0 Å². The smallest absolute Gasteiger partial charge is 0.312 e. The average molecular weight is 621 g/mol. The molecule has 0 amide bonds. The number of carbonyl (C=O) groups is 1. The van der Waals surface area contributed by atoms with Gasteiger partial charge in [0.2, 0.25) is 0 Å². The SMILES string of the molecule is CCN(CC)c1ccc(C(c2ccc(C)cc2)c2ccc(NCCOC(=O)C(C)(CC(C)(C)C)C(C)(C)C)c3ccccc23)cc1. The molecule has 1 N–H and O–H groups in total. The van der Waals surface area contributed by atoms with Gasteiger partial charge in [-0.3, -0.25) is 4.79 Å². The number of benzene rings is 4. The number of fused-ring (bicyclic) bond motifs is 1. The van der Waals surface area contributed by atoms with Crippen LogP contribution in [-0.4, -0.2) is 32.2 Å². The van der Waals surface area contributed by atoms with E-state index in [0.717, 1.165) is 30.6 Å². The van der Waals surface area contributed by atoms with Crippen molar-refractivity contribution in [1.82, 2.24) is 0 Å². The summed E-state index contributed by atoms with van der Waals surface area (Å²) in [4.78, 5) is 15.8. The molecule has 0 aliphatic rings. The number of hydrogen-bond acceptors (Lipinski definition) is 4. The lowest BCUT2D eigenvalue weighted by atomic mass is 9.61. The molecule has 4 nitrogen and oxygen atoms in total. The van der Waals surface area contributed by atoms with Gasteiger partial charge in [-0.1, -0.05) is 114 Å². The first-order valence-electron chi connectivity index (χ1n) is 17.0. The molecular weight excluding hydrogens is 564 g/mol. The second kappa shape index (κ2) is 14.3. The highest BCUT2D eigenvalue weighted by Crippen LogP contribution is 2.47. The number of hydrogen-bond donors (Lipinski definition) is 1. The Hall–Kier alpha value is -3.79. The summed E-state index contributed by atoms with van der Waals surface area (Å²) in [7, 11) is 0. The Bertz CT molecular complexity index is 1590. The molecule has 0 bridgehead atoms. The van der Waals surface area contributed by atoms with Crippen LogP contribution >= 0.6 is 0 Å². The number of carbonyl (C=O) groups excluding carboxylic acids is 1. The summed E-state index contributed by atoms with van der Waals surface area (Å²) < 4.78 is 5.94. The average Bonchev–Trinajstić information content (AvgIpc) is 3.00. The molecule has 4 aromatic carbocycles. The summed E-state index contributed by atoms with van der Waals surface area (Å²) in [6, 6.07) is 31.1. The molecule has 0 radical (unpaired) electrons. The summed E-state index contributed by atoms with van der Waals surface area (Å²) in [5.41, 5.74) is 6.60. The largest absolute Gasteiger partial charge is 0.463 e. The third-order valence-electron chi connectivity index (χ3n) is 9.67. The number of nitrogens with zero attached hydrogens (tertiary/aromatic N) is 1. The minimum Gasteiger partial charge on any atom is -0.463 e. The molecule has 0 aliphatic carbocycles. The van der Waals surface area contributed by atoms with E-state index in [1.54, 1.807) is 0 Å². The van der Waals surface area contributed by atoms with Crippen LogP contribution < -0.4 is 10.2 Å². The first-order chi connectivity index (χ1) is 21.7. The van der Waals surface area contributed by atoms with E-state index in [1.165, 1.54) is 33.3 Å². The van der Waals surface area contributed by atoms with Crippen LogP contribution in [0.3, 0.4) is 0 Å². The molecule has 0 spiro atoms. The monoisotopic (exact) mass is 620 g/mol. The highest BCUT2D eigenvalue weighted by molar-refractivity contribution is 5.97. The van der Waals surface area contributed by atoms with Crippen LogP contribution in [0.4, 0.5) is 11.4 Å². The van der Waals surface area contributed by atoms with Gasteiger partial charge in [-0.2, -0.15) is 0 Å². The summed E-state index contributed by atoms with van der Waals surface area (Å²) in [5.74, 6) is -0.0333. The van der Waals surface area contributed by atoms with E-state index in [2.05, 4.69) is 164 Å². The van der Waals surface area contributed by atoms with Crippen molar-refractivity contribution in [2.24, 2.45) is 16.2 Å². The molecule has 0 fully saturated rings. The van der Waals surface area contributed by atoms with Crippen molar-refractivity contribution < 1.29 is 9.53 Å². The summed E-state index contributed by atoms with van der Waals surface area (Å²) in [6.07, 6.45) is 0.766.